The van der Waals surface area contributed by atoms with Crippen LogP contribution >= 0.6 is 11.8 Å². The maximum atomic E-state index is 5.83. The van der Waals surface area contributed by atoms with Crippen LogP contribution in [0.4, 0.5) is 5.69 Å². The van der Waals surface area contributed by atoms with Crippen molar-refractivity contribution in [2.45, 2.75) is 47.9 Å². The zero-order valence-corrected chi connectivity index (χ0v) is 11.1. The lowest BCUT2D eigenvalue weighted by Gasteiger charge is -2.36. The normalized spacial score (nSPS) is 32.9. The fourth-order valence-corrected chi connectivity index (χ4v) is 4.62. The summed E-state index contributed by atoms with van der Waals surface area (Å²) in [5.41, 5.74) is 6.71. The fraction of sp³-hybridized carbons (Fsp3) is 0.571. The molecule has 1 aromatic rings. The highest BCUT2D eigenvalue weighted by Crippen LogP contribution is 2.41. The van der Waals surface area contributed by atoms with Crippen LogP contribution < -0.4 is 5.73 Å². The maximum absolute atomic E-state index is 5.83. The Morgan fingerprint density at radius 1 is 1.24 bits per heavy atom. The number of fused-ring (bicyclic) bond motifs is 2. The average Bonchev–Trinajstić information content (AvgIpc) is 2.52. The molecule has 2 unspecified atom stereocenters. The fourth-order valence-electron chi connectivity index (χ4n) is 3.24. The van der Waals surface area contributed by atoms with E-state index in [0.29, 0.717) is 0 Å². The lowest BCUT2D eigenvalue weighted by atomic mass is 10.0. The first-order valence-corrected chi connectivity index (χ1v) is 7.34. The minimum atomic E-state index is 0.783. The smallest absolute Gasteiger partial charge is 0.0325 e. The highest BCUT2D eigenvalue weighted by molar-refractivity contribution is 8.00. The van der Waals surface area contributed by atoms with Gasteiger partial charge in [0, 0.05) is 27.9 Å². The Bertz CT molecular complexity index is 393. The number of rotatable bonds is 2. The molecule has 2 heterocycles. The molecule has 2 aliphatic heterocycles. The molecule has 3 heteroatoms. The van der Waals surface area contributed by atoms with E-state index in [0.717, 1.165) is 23.0 Å². The molecule has 0 aliphatic carbocycles. The Labute approximate surface area is 108 Å². The van der Waals surface area contributed by atoms with E-state index in [1.54, 1.807) is 0 Å². The van der Waals surface area contributed by atoms with Crippen molar-refractivity contribution in [1.82, 2.24) is 4.90 Å². The van der Waals surface area contributed by atoms with E-state index in [-0.39, 0.29) is 0 Å². The van der Waals surface area contributed by atoms with Crippen molar-refractivity contribution in [3.63, 3.8) is 0 Å². The predicted octanol–water partition coefficient (Wildman–Crippen LogP) is 2.99. The van der Waals surface area contributed by atoms with Crippen LogP contribution in [-0.2, 0) is 0 Å². The summed E-state index contributed by atoms with van der Waals surface area (Å²) in [6.45, 7) is 0. The lowest BCUT2D eigenvalue weighted by Crippen LogP contribution is -2.40. The monoisotopic (exact) mass is 248 g/mol. The summed E-state index contributed by atoms with van der Waals surface area (Å²) >= 11 is 2.02. The number of hydrogen-bond acceptors (Lipinski definition) is 3. The molecule has 2 atom stereocenters. The average molecular weight is 248 g/mol. The summed E-state index contributed by atoms with van der Waals surface area (Å²) in [5.74, 6) is 0. The first-order valence-electron chi connectivity index (χ1n) is 6.46. The summed E-state index contributed by atoms with van der Waals surface area (Å²) in [7, 11) is 2.30. The summed E-state index contributed by atoms with van der Waals surface area (Å²) in [5, 5.41) is 0.783. The van der Waals surface area contributed by atoms with Crippen LogP contribution in [0.25, 0.3) is 0 Å². The Kier molecular flexibility index (Phi) is 3.05. The summed E-state index contributed by atoms with van der Waals surface area (Å²) in [6.07, 6.45) is 5.48. The second-order valence-electron chi connectivity index (χ2n) is 5.33. The van der Waals surface area contributed by atoms with Gasteiger partial charge in [0.15, 0.2) is 0 Å². The van der Waals surface area contributed by atoms with Crippen molar-refractivity contribution in [3.8, 4) is 0 Å². The molecule has 0 amide bonds. The van der Waals surface area contributed by atoms with Crippen molar-refractivity contribution in [1.29, 1.82) is 0 Å². The van der Waals surface area contributed by atoms with Gasteiger partial charge < -0.3 is 10.6 Å². The number of nitrogens with two attached hydrogens (primary N) is 1. The van der Waals surface area contributed by atoms with Crippen LogP contribution in [0.15, 0.2) is 29.2 Å². The van der Waals surface area contributed by atoms with E-state index in [2.05, 4.69) is 30.1 Å². The van der Waals surface area contributed by atoms with Crippen molar-refractivity contribution < 1.29 is 0 Å². The number of anilines is 1. The van der Waals surface area contributed by atoms with Crippen LogP contribution in [0.2, 0.25) is 0 Å². The minimum absolute atomic E-state index is 0.783. The van der Waals surface area contributed by atoms with Crippen LogP contribution in [0, 0.1) is 0 Å². The van der Waals surface area contributed by atoms with E-state index in [4.69, 9.17) is 5.73 Å². The third-order valence-electron chi connectivity index (χ3n) is 4.22. The van der Waals surface area contributed by atoms with Gasteiger partial charge in [-0.3, -0.25) is 0 Å². The van der Waals surface area contributed by atoms with Crippen molar-refractivity contribution >= 4 is 17.4 Å². The Morgan fingerprint density at radius 3 is 2.59 bits per heavy atom. The van der Waals surface area contributed by atoms with E-state index in [1.165, 1.54) is 30.6 Å². The minimum Gasteiger partial charge on any atom is -0.399 e. The molecule has 2 N–H and O–H groups in total. The highest BCUT2D eigenvalue weighted by Gasteiger charge is 2.38. The van der Waals surface area contributed by atoms with Crippen molar-refractivity contribution in [2.75, 3.05) is 12.8 Å². The molecule has 2 nitrogen and oxygen atoms in total. The summed E-state index contributed by atoms with van der Waals surface area (Å²) in [6, 6.07) is 9.95. The number of piperidine rings is 1. The summed E-state index contributed by atoms with van der Waals surface area (Å²) < 4.78 is 0. The quantitative estimate of drug-likeness (QED) is 0.816. The third-order valence-corrected chi connectivity index (χ3v) is 5.46. The van der Waals surface area contributed by atoms with E-state index < -0.39 is 0 Å². The van der Waals surface area contributed by atoms with Gasteiger partial charge in [0.25, 0.3) is 0 Å². The molecule has 17 heavy (non-hydrogen) atoms. The molecule has 3 rings (SSSR count). The molecule has 2 fully saturated rings. The number of thioether (sulfide) groups is 1. The second kappa shape index (κ2) is 4.54. The zero-order valence-electron chi connectivity index (χ0n) is 10.3. The van der Waals surface area contributed by atoms with Crippen LogP contribution in [0.1, 0.15) is 25.7 Å². The predicted molar refractivity (Wildman–Crippen MR) is 74.3 cm³/mol. The molecule has 0 radical (unpaired) electrons. The van der Waals surface area contributed by atoms with Gasteiger partial charge in [-0.25, -0.2) is 0 Å². The third kappa shape index (κ3) is 2.31. The van der Waals surface area contributed by atoms with Crippen LogP contribution in [0.3, 0.4) is 0 Å². The number of nitrogen functional groups attached to an aromatic ring is 1. The lowest BCUT2D eigenvalue weighted by molar-refractivity contribution is 0.183. The van der Waals surface area contributed by atoms with Gasteiger partial charge in [-0.05, 0) is 50.9 Å². The second-order valence-corrected chi connectivity index (χ2v) is 6.71. The van der Waals surface area contributed by atoms with Crippen molar-refractivity contribution in [3.05, 3.63) is 24.3 Å². The van der Waals surface area contributed by atoms with Gasteiger partial charge in [-0.1, -0.05) is 6.07 Å². The standard InChI is InChI=1S/C14H20N2S/c1-16-11-5-6-12(16)9-14(8-11)17-13-4-2-3-10(15)7-13/h2-4,7,11-12,14H,5-6,8-9,15H2,1H3. The molecule has 2 saturated heterocycles. The van der Waals surface area contributed by atoms with Gasteiger partial charge >= 0.3 is 0 Å². The van der Waals surface area contributed by atoms with E-state index in [1.807, 2.05) is 17.8 Å². The van der Waals surface area contributed by atoms with Gasteiger partial charge in [0.2, 0.25) is 0 Å². The van der Waals surface area contributed by atoms with Crippen LogP contribution in [0.5, 0.6) is 0 Å². The first-order chi connectivity index (χ1) is 8.22. The maximum Gasteiger partial charge on any atom is 0.0325 e. The molecular formula is C14H20N2S. The molecule has 0 saturated carbocycles. The number of hydrogen-bond donors (Lipinski definition) is 1. The molecular weight excluding hydrogens is 228 g/mol. The van der Waals surface area contributed by atoms with Gasteiger partial charge in [-0.2, -0.15) is 0 Å². The Hall–Kier alpha value is -0.670. The SMILES string of the molecule is CN1C2CCC1CC(Sc1cccc(N)c1)C2. The number of benzene rings is 1. The zero-order chi connectivity index (χ0) is 11.8. The van der Waals surface area contributed by atoms with Gasteiger partial charge in [0.1, 0.15) is 0 Å². The molecule has 2 bridgehead atoms. The largest absolute Gasteiger partial charge is 0.399 e. The van der Waals surface area contributed by atoms with Gasteiger partial charge in [-0.15, -0.1) is 11.8 Å². The van der Waals surface area contributed by atoms with Crippen LogP contribution in [-0.4, -0.2) is 29.3 Å². The Balaban J connectivity index is 1.67. The molecule has 2 aliphatic rings. The topological polar surface area (TPSA) is 29.3 Å². The molecule has 92 valence electrons. The highest BCUT2D eigenvalue weighted by atomic mass is 32.2. The van der Waals surface area contributed by atoms with Crippen molar-refractivity contribution in [2.24, 2.45) is 0 Å². The van der Waals surface area contributed by atoms with E-state index >= 15 is 0 Å². The van der Waals surface area contributed by atoms with E-state index in [9.17, 15) is 0 Å². The molecule has 0 spiro atoms. The van der Waals surface area contributed by atoms with Gasteiger partial charge in [0.05, 0.1) is 0 Å². The summed E-state index contributed by atoms with van der Waals surface area (Å²) in [4.78, 5) is 3.93. The first kappa shape index (κ1) is 11.4. The molecule has 0 aromatic heterocycles. The Morgan fingerprint density at radius 2 is 1.94 bits per heavy atom. The number of nitrogens with zero attached hydrogens (tertiary/aromatic N) is 1. The molecule has 1 aromatic carbocycles.